The third kappa shape index (κ3) is 5.47. The van der Waals surface area contributed by atoms with Crippen LogP contribution in [0.15, 0.2) is 84.9 Å². The van der Waals surface area contributed by atoms with Crippen molar-refractivity contribution in [1.82, 2.24) is 0 Å². The number of benzene rings is 4. The summed E-state index contributed by atoms with van der Waals surface area (Å²) in [6.45, 7) is 0. The maximum atomic E-state index is 14.4. The van der Waals surface area contributed by atoms with Crippen LogP contribution in [0.25, 0.3) is 11.1 Å². The van der Waals surface area contributed by atoms with Gasteiger partial charge in [0.15, 0.2) is 0 Å². The van der Waals surface area contributed by atoms with E-state index in [1.54, 1.807) is 24.3 Å². The van der Waals surface area contributed by atoms with Gasteiger partial charge in [-0.1, -0.05) is 29.8 Å². The standard InChI is InChI=1S/C27H18ClF2NO4/c1-34-25-5-3-2-4-23(25)31-26(32)21-14-17(20-12-11-19(29)15-22(20)30)8-13-24(21)35-27(33)16-6-9-18(28)10-7-16/h2-15H,1H3,(H,31,32). The Kier molecular flexibility index (Phi) is 7.08. The summed E-state index contributed by atoms with van der Waals surface area (Å²) in [5.74, 6) is -2.50. The van der Waals surface area contributed by atoms with Crippen LogP contribution in [0.3, 0.4) is 0 Å². The van der Waals surface area contributed by atoms with Crippen LogP contribution in [0.1, 0.15) is 20.7 Å². The first kappa shape index (κ1) is 23.9. The molecule has 0 aromatic heterocycles. The second kappa shape index (κ2) is 10.4. The molecule has 8 heteroatoms. The lowest BCUT2D eigenvalue weighted by atomic mass is 10.0. The molecule has 1 N–H and O–H groups in total. The van der Waals surface area contributed by atoms with Crippen molar-refractivity contribution in [1.29, 1.82) is 0 Å². The van der Waals surface area contributed by atoms with E-state index in [2.05, 4.69) is 5.32 Å². The molecule has 4 aromatic carbocycles. The molecule has 0 unspecified atom stereocenters. The molecule has 0 spiro atoms. The molecule has 35 heavy (non-hydrogen) atoms. The van der Waals surface area contributed by atoms with Gasteiger partial charge in [-0.05, 0) is 66.2 Å². The van der Waals surface area contributed by atoms with Crippen molar-refractivity contribution < 1.29 is 27.8 Å². The van der Waals surface area contributed by atoms with Gasteiger partial charge in [0.05, 0.1) is 23.9 Å². The first-order valence-electron chi connectivity index (χ1n) is 10.4. The lowest BCUT2D eigenvalue weighted by molar-refractivity contribution is 0.0733. The molecule has 0 saturated carbocycles. The molecule has 0 aliphatic rings. The molecule has 0 aliphatic heterocycles. The second-order valence-electron chi connectivity index (χ2n) is 7.39. The van der Waals surface area contributed by atoms with Crippen LogP contribution in [0.5, 0.6) is 11.5 Å². The zero-order valence-electron chi connectivity index (χ0n) is 18.3. The van der Waals surface area contributed by atoms with Crippen LogP contribution in [0.4, 0.5) is 14.5 Å². The van der Waals surface area contributed by atoms with Gasteiger partial charge in [-0.15, -0.1) is 0 Å². The minimum absolute atomic E-state index is 0.0422. The van der Waals surface area contributed by atoms with Gasteiger partial charge in [-0.25, -0.2) is 13.6 Å². The summed E-state index contributed by atoms with van der Waals surface area (Å²) in [4.78, 5) is 25.9. The van der Waals surface area contributed by atoms with E-state index in [0.29, 0.717) is 22.0 Å². The predicted octanol–water partition coefficient (Wildman–Crippen LogP) is 6.77. The highest BCUT2D eigenvalue weighted by Crippen LogP contribution is 2.31. The first-order chi connectivity index (χ1) is 16.9. The maximum Gasteiger partial charge on any atom is 0.343 e. The number of ether oxygens (including phenoxy) is 2. The Bertz CT molecular complexity index is 1410. The Morgan fingerprint density at radius 2 is 1.60 bits per heavy atom. The number of carbonyl (C=O) groups is 2. The number of methoxy groups -OCH3 is 1. The van der Waals surface area contributed by atoms with Gasteiger partial charge >= 0.3 is 5.97 Å². The number of nitrogens with one attached hydrogen (secondary N) is 1. The molecular weight excluding hydrogens is 476 g/mol. The van der Waals surface area contributed by atoms with Gasteiger partial charge in [0.1, 0.15) is 23.1 Å². The normalized spacial score (nSPS) is 10.5. The number of amides is 1. The van der Waals surface area contributed by atoms with E-state index >= 15 is 0 Å². The quantitative estimate of drug-likeness (QED) is 0.238. The van der Waals surface area contributed by atoms with Crippen LogP contribution in [-0.2, 0) is 0 Å². The fourth-order valence-corrected chi connectivity index (χ4v) is 3.50. The fourth-order valence-electron chi connectivity index (χ4n) is 3.37. The number of hydrogen-bond acceptors (Lipinski definition) is 4. The van der Waals surface area contributed by atoms with Crippen molar-refractivity contribution in [2.24, 2.45) is 0 Å². The second-order valence-corrected chi connectivity index (χ2v) is 7.82. The summed E-state index contributed by atoms with van der Waals surface area (Å²) in [5, 5.41) is 3.16. The summed E-state index contributed by atoms with van der Waals surface area (Å²) < 4.78 is 38.6. The number of anilines is 1. The Morgan fingerprint density at radius 3 is 2.31 bits per heavy atom. The molecule has 176 valence electrons. The van der Waals surface area contributed by atoms with Crippen LogP contribution in [-0.4, -0.2) is 19.0 Å². The molecule has 0 bridgehead atoms. The van der Waals surface area contributed by atoms with Crippen molar-refractivity contribution in [3.05, 3.63) is 113 Å². The minimum atomic E-state index is -0.799. The van der Waals surface area contributed by atoms with E-state index in [-0.39, 0.29) is 22.4 Å². The minimum Gasteiger partial charge on any atom is -0.495 e. The van der Waals surface area contributed by atoms with E-state index in [9.17, 15) is 18.4 Å². The SMILES string of the molecule is COc1ccccc1NC(=O)c1cc(-c2ccc(F)cc2F)ccc1OC(=O)c1ccc(Cl)cc1. The van der Waals surface area contributed by atoms with Crippen molar-refractivity contribution >= 4 is 29.2 Å². The van der Waals surface area contributed by atoms with Gasteiger partial charge in [-0.2, -0.15) is 0 Å². The van der Waals surface area contributed by atoms with Crippen LogP contribution in [0.2, 0.25) is 5.02 Å². The number of hydrogen-bond donors (Lipinski definition) is 1. The lowest BCUT2D eigenvalue weighted by Gasteiger charge is -2.14. The molecular formula is C27H18ClF2NO4. The molecule has 1 amide bonds. The number of halogens is 3. The van der Waals surface area contributed by atoms with E-state index in [4.69, 9.17) is 21.1 Å². The number of carbonyl (C=O) groups excluding carboxylic acids is 2. The smallest absolute Gasteiger partial charge is 0.343 e. The molecule has 0 atom stereocenters. The van der Waals surface area contributed by atoms with Crippen molar-refractivity contribution in [3.8, 4) is 22.6 Å². The third-order valence-corrected chi connectivity index (χ3v) is 5.36. The lowest BCUT2D eigenvalue weighted by Crippen LogP contribution is -2.17. The average Bonchev–Trinajstić information content (AvgIpc) is 2.85. The molecule has 0 aliphatic carbocycles. The summed E-state index contributed by atoms with van der Waals surface area (Å²) in [5.41, 5.74) is 0.930. The van der Waals surface area contributed by atoms with Crippen molar-refractivity contribution in [2.45, 2.75) is 0 Å². The van der Waals surface area contributed by atoms with E-state index in [1.807, 2.05) is 0 Å². The zero-order valence-corrected chi connectivity index (χ0v) is 19.1. The molecule has 0 radical (unpaired) electrons. The number of rotatable bonds is 6. The van der Waals surface area contributed by atoms with E-state index in [0.717, 1.165) is 12.1 Å². The van der Waals surface area contributed by atoms with E-state index < -0.39 is 23.5 Å². The predicted molar refractivity (Wildman–Crippen MR) is 129 cm³/mol. The molecule has 4 aromatic rings. The summed E-state index contributed by atoms with van der Waals surface area (Å²) in [6.07, 6.45) is 0. The van der Waals surface area contributed by atoms with Crippen molar-refractivity contribution in [2.75, 3.05) is 12.4 Å². The topological polar surface area (TPSA) is 64.6 Å². The summed E-state index contributed by atoms with van der Waals surface area (Å²) in [6, 6.07) is 20.2. The van der Waals surface area contributed by atoms with E-state index in [1.165, 1.54) is 55.6 Å². The molecule has 0 saturated heterocycles. The molecule has 0 fully saturated rings. The van der Waals surface area contributed by atoms with Crippen LogP contribution >= 0.6 is 11.6 Å². The monoisotopic (exact) mass is 493 g/mol. The summed E-state index contributed by atoms with van der Waals surface area (Å²) in [7, 11) is 1.46. The van der Waals surface area contributed by atoms with Crippen molar-refractivity contribution in [3.63, 3.8) is 0 Å². The highest BCUT2D eigenvalue weighted by Gasteiger charge is 2.20. The van der Waals surface area contributed by atoms with Gasteiger partial charge < -0.3 is 14.8 Å². The van der Waals surface area contributed by atoms with Gasteiger partial charge in [0.25, 0.3) is 5.91 Å². The Hall–Kier alpha value is -4.23. The highest BCUT2D eigenvalue weighted by atomic mass is 35.5. The number of para-hydroxylation sites is 2. The first-order valence-corrected chi connectivity index (χ1v) is 10.7. The van der Waals surface area contributed by atoms with Gasteiger partial charge in [-0.3, -0.25) is 4.79 Å². The molecule has 4 rings (SSSR count). The third-order valence-electron chi connectivity index (χ3n) is 5.10. The van der Waals surface area contributed by atoms with Crippen LogP contribution in [0, 0.1) is 11.6 Å². The van der Waals surface area contributed by atoms with Gasteiger partial charge in [0, 0.05) is 16.7 Å². The zero-order chi connectivity index (χ0) is 24.9. The number of esters is 1. The highest BCUT2D eigenvalue weighted by molar-refractivity contribution is 6.30. The fraction of sp³-hybridized carbons (Fsp3) is 0.0370. The molecule has 0 heterocycles. The Labute approximate surface area is 204 Å². The van der Waals surface area contributed by atoms with Gasteiger partial charge in [0.2, 0.25) is 0 Å². The average molecular weight is 494 g/mol. The summed E-state index contributed by atoms with van der Waals surface area (Å²) >= 11 is 5.87. The largest absolute Gasteiger partial charge is 0.495 e. The maximum absolute atomic E-state index is 14.4. The molecule has 5 nitrogen and oxygen atoms in total. The Balaban J connectivity index is 1.74. The van der Waals surface area contributed by atoms with Crippen LogP contribution < -0.4 is 14.8 Å². The Morgan fingerprint density at radius 1 is 0.857 bits per heavy atom.